The molecule has 0 heterocycles. The Kier molecular flexibility index (Phi) is 4.55. The first-order chi connectivity index (χ1) is 4.12. The normalized spacial score (nSPS) is 17.2. The fraction of sp³-hybridized carbons (Fsp3) is 1.00. The SMILES string of the molecule is CCP(=O)(Cl)CCOC. The molecule has 0 fully saturated rings. The summed E-state index contributed by atoms with van der Waals surface area (Å²) in [6, 6.07) is 0. The second-order valence-electron chi connectivity index (χ2n) is 1.82. The Hall–Kier alpha value is 0.480. The fourth-order valence-corrected chi connectivity index (χ4v) is 1.36. The fourth-order valence-electron chi connectivity index (χ4n) is 0.386. The van der Waals surface area contributed by atoms with Gasteiger partial charge in [-0.1, -0.05) is 18.2 Å². The number of methoxy groups -OCH3 is 1. The van der Waals surface area contributed by atoms with E-state index in [0.717, 1.165) is 0 Å². The van der Waals surface area contributed by atoms with Crippen molar-refractivity contribution in [1.82, 2.24) is 0 Å². The van der Waals surface area contributed by atoms with E-state index >= 15 is 0 Å². The van der Waals surface area contributed by atoms with Crippen LogP contribution in [0.25, 0.3) is 0 Å². The molecular formula is C5H12ClO2P. The van der Waals surface area contributed by atoms with Crippen molar-refractivity contribution in [2.45, 2.75) is 6.92 Å². The lowest BCUT2D eigenvalue weighted by molar-refractivity contribution is 0.217. The maximum absolute atomic E-state index is 11.0. The molecule has 0 saturated carbocycles. The molecule has 0 amide bonds. The lowest BCUT2D eigenvalue weighted by atomic mass is 10.9. The van der Waals surface area contributed by atoms with Crippen molar-refractivity contribution in [3.63, 3.8) is 0 Å². The summed E-state index contributed by atoms with van der Waals surface area (Å²) in [5.41, 5.74) is 0. The first-order valence-corrected chi connectivity index (χ1v) is 5.87. The maximum atomic E-state index is 11.0. The summed E-state index contributed by atoms with van der Waals surface area (Å²) in [5.74, 6) is 0. The predicted molar refractivity (Wildman–Crippen MR) is 40.7 cm³/mol. The Morgan fingerprint density at radius 1 is 1.67 bits per heavy atom. The highest BCUT2D eigenvalue weighted by Gasteiger charge is 2.13. The van der Waals surface area contributed by atoms with Gasteiger partial charge in [0.15, 0.2) is 6.49 Å². The Morgan fingerprint density at radius 2 is 2.22 bits per heavy atom. The van der Waals surface area contributed by atoms with Gasteiger partial charge < -0.3 is 9.30 Å². The largest absolute Gasteiger partial charge is 0.384 e. The summed E-state index contributed by atoms with van der Waals surface area (Å²) in [4.78, 5) is 0. The number of ether oxygens (including phenoxy) is 1. The number of hydrogen-bond acceptors (Lipinski definition) is 2. The van der Waals surface area contributed by atoms with Gasteiger partial charge in [0.1, 0.15) is 0 Å². The Bertz CT molecular complexity index is 116. The molecule has 4 heteroatoms. The minimum absolute atomic E-state index is 0.488. The first-order valence-electron chi connectivity index (χ1n) is 2.89. The van der Waals surface area contributed by atoms with Gasteiger partial charge in [-0.25, -0.2) is 0 Å². The molecular weight excluding hydrogens is 158 g/mol. The molecule has 0 aromatic rings. The lowest BCUT2D eigenvalue weighted by Crippen LogP contribution is -1.95. The van der Waals surface area contributed by atoms with Crippen molar-refractivity contribution in [1.29, 1.82) is 0 Å². The molecule has 0 bridgehead atoms. The minimum atomic E-state index is -2.34. The van der Waals surface area contributed by atoms with E-state index in [4.69, 9.17) is 16.0 Å². The van der Waals surface area contributed by atoms with Crippen LogP contribution in [0.3, 0.4) is 0 Å². The van der Waals surface area contributed by atoms with Crippen LogP contribution in [0.15, 0.2) is 0 Å². The summed E-state index contributed by atoms with van der Waals surface area (Å²) in [6.07, 6.45) is 1.04. The van der Waals surface area contributed by atoms with Crippen molar-refractivity contribution in [2.75, 3.05) is 26.0 Å². The zero-order valence-electron chi connectivity index (χ0n) is 5.76. The number of hydrogen-bond donors (Lipinski definition) is 0. The van der Waals surface area contributed by atoms with E-state index in [1.54, 1.807) is 7.11 Å². The molecule has 0 aliphatic heterocycles. The van der Waals surface area contributed by atoms with Crippen LogP contribution in [0, 0.1) is 0 Å². The minimum Gasteiger partial charge on any atom is -0.384 e. The third kappa shape index (κ3) is 4.95. The van der Waals surface area contributed by atoms with Crippen LogP contribution in [-0.2, 0) is 9.30 Å². The van der Waals surface area contributed by atoms with E-state index < -0.39 is 6.49 Å². The summed E-state index contributed by atoms with van der Waals surface area (Å²) < 4.78 is 15.7. The molecule has 1 atom stereocenters. The second kappa shape index (κ2) is 4.32. The van der Waals surface area contributed by atoms with Crippen LogP contribution in [0.1, 0.15) is 6.92 Å². The quantitative estimate of drug-likeness (QED) is 0.605. The Labute approximate surface area is 60.7 Å². The van der Waals surface area contributed by atoms with Gasteiger partial charge in [0.25, 0.3) is 0 Å². The molecule has 1 unspecified atom stereocenters. The highest BCUT2D eigenvalue weighted by atomic mass is 35.7. The van der Waals surface area contributed by atoms with E-state index in [1.807, 2.05) is 6.92 Å². The van der Waals surface area contributed by atoms with Crippen molar-refractivity contribution in [2.24, 2.45) is 0 Å². The Morgan fingerprint density at radius 3 is 2.56 bits per heavy atom. The van der Waals surface area contributed by atoms with Gasteiger partial charge in [-0.3, -0.25) is 0 Å². The Balaban J connectivity index is 3.46. The number of rotatable bonds is 4. The van der Waals surface area contributed by atoms with Crippen LogP contribution in [0.5, 0.6) is 0 Å². The molecule has 56 valence electrons. The summed E-state index contributed by atoms with van der Waals surface area (Å²) in [5, 5.41) is 0. The molecule has 0 rings (SSSR count). The average molecular weight is 171 g/mol. The number of halogens is 1. The summed E-state index contributed by atoms with van der Waals surface area (Å²) in [7, 11) is 1.58. The molecule has 0 saturated heterocycles. The molecule has 0 spiro atoms. The summed E-state index contributed by atoms with van der Waals surface area (Å²) in [6.45, 7) is -0.0252. The van der Waals surface area contributed by atoms with Gasteiger partial charge in [0, 0.05) is 19.4 Å². The smallest absolute Gasteiger partial charge is 0.171 e. The standard InChI is InChI=1S/C5H12ClO2P/c1-3-9(6,7)5-4-8-2/h3-5H2,1-2H3. The van der Waals surface area contributed by atoms with E-state index in [1.165, 1.54) is 0 Å². The third-order valence-electron chi connectivity index (χ3n) is 1.10. The van der Waals surface area contributed by atoms with Crippen molar-refractivity contribution in [3.05, 3.63) is 0 Å². The van der Waals surface area contributed by atoms with E-state index in [2.05, 4.69) is 0 Å². The lowest BCUT2D eigenvalue weighted by Gasteiger charge is -2.04. The van der Waals surface area contributed by atoms with Crippen molar-refractivity contribution >= 4 is 17.7 Å². The molecule has 9 heavy (non-hydrogen) atoms. The molecule has 2 nitrogen and oxygen atoms in total. The highest BCUT2D eigenvalue weighted by molar-refractivity contribution is 7.89. The monoisotopic (exact) mass is 170 g/mol. The zero-order valence-corrected chi connectivity index (χ0v) is 7.41. The van der Waals surface area contributed by atoms with Crippen molar-refractivity contribution in [3.8, 4) is 0 Å². The van der Waals surface area contributed by atoms with Gasteiger partial charge in [0.2, 0.25) is 0 Å². The van der Waals surface area contributed by atoms with Crippen LogP contribution in [0.2, 0.25) is 0 Å². The molecule has 0 aliphatic carbocycles. The van der Waals surface area contributed by atoms with E-state index in [-0.39, 0.29) is 0 Å². The maximum Gasteiger partial charge on any atom is 0.171 e. The second-order valence-corrected chi connectivity index (χ2v) is 6.33. The van der Waals surface area contributed by atoms with Gasteiger partial charge in [-0.2, -0.15) is 0 Å². The van der Waals surface area contributed by atoms with E-state index in [9.17, 15) is 4.57 Å². The van der Waals surface area contributed by atoms with Gasteiger partial charge >= 0.3 is 0 Å². The first kappa shape index (κ1) is 9.48. The third-order valence-corrected chi connectivity index (χ3v) is 4.12. The van der Waals surface area contributed by atoms with Crippen LogP contribution in [-0.4, -0.2) is 26.0 Å². The average Bonchev–Trinajstić information content (AvgIpc) is 1.84. The van der Waals surface area contributed by atoms with Crippen LogP contribution < -0.4 is 0 Å². The topological polar surface area (TPSA) is 26.3 Å². The molecule has 0 aromatic heterocycles. The molecule has 0 N–H and O–H groups in total. The van der Waals surface area contributed by atoms with Gasteiger partial charge in [0.05, 0.1) is 6.61 Å². The highest BCUT2D eigenvalue weighted by Crippen LogP contribution is 2.49. The van der Waals surface area contributed by atoms with Gasteiger partial charge in [-0.05, 0) is 0 Å². The zero-order chi connectivity index (χ0) is 7.33. The van der Waals surface area contributed by atoms with Gasteiger partial charge in [-0.15, -0.1) is 0 Å². The predicted octanol–water partition coefficient (Wildman–Crippen LogP) is 2.17. The van der Waals surface area contributed by atoms with Crippen LogP contribution in [0.4, 0.5) is 0 Å². The molecule has 0 radical (unpaired) electrons. The molecule has 0 aromatic carbocycles. The van der Waals surface area contributed by atoms with Crippen molar-refractivity contribution < 1.29 is 9.30 Å². The van der Waals surface area contributed by atoms with Crippen LogP contribution >= 0.6 is 17.7 Å². The summed E-state index contributed by atoms with van der Waals surface area (Å²) >= 11 is 5.57. The van der Waals surface area contributed by atoms with E-state index in [0.29, 0.717) is 18.9 Å². The molecule has 0 aliphatic rings.